The molecule has 0 saturated carbocycles. The predicted molar refractivity (Wildman–Crippen MR) is 103 cm³/mol. The number of carboxylic acids is 1. The zero-order chi connectivity index (χ0) is 18.2. The van der Waals surface area contributed by atoms with E-state index in [4.69, 9.17) is 0 Å². The quantitative estimate of drug-likeness (QED) is 0.691. The number of amides is 1. The number of aromatic carboxylic acids is 1. The van der Waals surface area contributed by atoms with Crippen LogP contribution in [-0.2, 0) is 0 Å². The van der Waals surface area contributed by atoms with Gasteiger partial charge in [-0.15, -0.1) is 0 Å². The van der Waals surface area contributed by atoms with Gasteiger partial charge in [0.2, 0.25) is 0 Å². The average molecular weight is 357 g/mol. The Hall–Kier alpha value is -2.27. The minimum absolute atomic E-state index is 0.0642. The first kappa shape index (κ1) is 19.1. The van der Waals surface area contributed by atoms with Gasteiger partial charge in [-0.05, 0) is 48.1 Å². The van der Waals surface area contributed by atoms with Crippen molar-refractivity contribution in [2.45, 2.75) is 26.3 Å². The van der Waals surface area contributed by atoms with Crippen LogP contribution in [0.4, 0.5) is 0 Å². The summed E-state index contributed by atoms with van der Waals surface area (Å²) >= 11 is 1.85. The molecule has 0 radical (unpaired) electrons. The van der Waals surface area contributed by atoms with Crippen LogP contribution in [0, 0.1) is 0 Å². The number of carboxylic acid groups (broad SMARTS) is 1. The van der Waals surface area contributed by atoms with Gasteiger partial charge in [0, 0.05) is 11.6 Å². The van der Waals surface area contributed by atoms with Crippen molar-refractivity contribution < 1.29 is 14.7 Å². The third-order valence-electron chi connectivity index (χ3n) is 3.90. The molecule has 25 heavy (non-hydrogen) atoms. The highest BCUT2D eigenvalue weighted by Gasteiger charge is 2.18. The molecule has 1 atom stereocenters. The first-order valence-electron chi connectivity index (χ1n) is 8.35. The first-order valence-corrected chi connectivity index (χ1v) is 9.50. The topological polar surface area (TPSA) is 66.4 Å². The zero-order valence-electron chi connectivity index (χ0n) is 14.5. The molecule has 0 spiro atoms. The van der Waals surface area contributed by atoms with Crippen molar-refractivity contribution in [2.75, 3.05) is 11.5 Å². The fraction of sp³-hybridized carbons (Fsp3) is 0.300. The van der Waals surface area contributed by atoms with Crippen LogP contribution in [0.1, 0.15) is 41.0 Å². The molecule has 2 rings (SSSR count). The van der Waals surface area contributed by atoms with Crippen molar-refractivity contribution in [3.05, 3.63) is 59.7 Å². The molecule has 1 amide bonds. The molecule has 2 aromatic carbocycles. The van der Waals surface area contributed by atoms with E-state index in [0.717, 1.165) is 17.9 Å². The summed E-state index contributed by atoms with van der Waals surface area (Å²) < 4.78 is 0. The minimum atomic E-state index is -1.00. The summed E-state index contributed by atoms with van der Waals surface area (Å²) in [5.74, 6) is 0.886. The fourth-order valence-electron chi connectivity index (χ4n) is 2.60. The molecule has 0 heterocycles. The van der Waals surface area contributed by atoms with Gasteiger partial charge < -0.3 is 10.4 Å². The van der Waals surface area contributed by atoms with Crippen molar-refractivity contribution in [1.82, 2.24) is 5.32 Å². The number of hydrogen-bond acceptors (Lipinski definition) is 3. The molecule has 0 aromatic heterocycles. The Balaban J connectivity index is 2.27. The van der Waals surface area contributed by atoms with E-state index in [-0.39, 0.29) is 17.5 Å². The smallest absolute Gasteiger partial charge is 0.336 e. The Morgan fingerprint density at radius 1 is 1.04 bits per heavy atom. The molecule has 2 aromatic rings. The van der Waals surface area contributed by atoms with Crippen LogP contribution in [0.3, 0.4) is 0 Å². The average Bonchev–Trinajstić information content (AvgIpc) is 2.62. The van der Waals surface area contributed by atoms with Gasteiger partial charge in [-0.3, -0.25) is 4.79 Å². The number of nitrogens with one attached hydrogen (secondary N) is 1. The van der Waals surface area contributed by atoms with Crippen LogP contribution < -0.4 is 5.32 Å². The number of carbonyl (C=O) groups excluding carboxylic acids is 1. The lowest BCUT2D eigenvalue weighted by molar-refractivity contribution is 0.0697. The largest absolute Gasteiger partial charge is 0.478 e. The van der Waals surface area contributed by atoms with Gasteiger partial charge in [0.05, 0.1) is 5.56 Å². The standard InChI is InChI=1S/C20H23NO3S/c1-3-25-13-12-14(2)21-19(22)17-10-6-4-8-15(17)16-9-5-7-11-18(16)20(23)24/h4-11,14H,3,12-13H2,1-2H3,(H,21,22)(H,23,24). The Morgan fingerprint density at radius 3 is 2.20 bits per heavy atom. The molecule has 0 aliphatic heterocycles. The molecule has 0 fully saturated rings. The molecular weight excluding hydrogens is 334 g/mol. The van der Waals surface area contributed by atoms with Gasteiger partial charge in [-0.2, -0.15) is 11.8 Å². The van der Waals surface area contributed by atoms with Crippen molar-refractivity contribution in [3.63, 3.8) is 0 Å². The zero-order valence-corrected chi connectivity index (χ0v) is 15.3. The van der Waals surface area contributed by atoms with Crippen LogP contribution in [0.15, 0.2) is 48.5 Å². The highest BCUT2D eigenvalue weighted by Crippen LogP contribution is 2.27. The van der Waals surface area contributed by atoms with Gasteiger partial charge in [0.15, 0.2) is 0 Å². The third-order valence-corrected chi connectivity index (χ3v) is 4.83. The summed E-state index contributed by atoms with van der Waals surface area (Å²) in [5, 5.41) is 12.4. The van der Waals surface area contributed by atoms with Gasteiger partial charge in [-0.25, -0.2) is 4.79 Å². The Kier molecular flexibility index (Phi) is 7.07. The maximum absolute atomic E-state index is 12.7. The molecule has 1 unspecified atom stereocenters. The van der Waals surface area contributed by atoms with Gasteiger partial charge in [0.25, 0.3) is 5.91 Å². The van der Waals surface area contributed by atoms with Crippen molar-refractivity contribution in [1.29, 1.82) is 0 Å². The third kappa shape index (κ3) is 5.10. The predicted octanol–water partition coefficient (Wildman–Crippen LogP) is 4.31. The second-order valence-corrected chi connectivity index (χ2v) is 7.15. The summed E-state index contributed by atoms with van der Waals surface area (Å²) in [7, 11) is 0. The Bertz CT molecular complexity index is 745. The number of carbonyl (C=O) groups is 2. The fourth-order valence-corrected chi connectivity index (χ4v) is 3.41. The van der Waals surface area contributed by atoms with E-state index in [1.54, 1.807) is 42.5 Å². The number of thioether (sulfide) groups is 1. The molecule has 2 N–H and O–H groups in total. The summed E-state index contributed by atoms with van der Waals surface area (Å²) in [6.07, 6.45) is 0.901. The highest BCUT2D eigenvalue weighted by molar-refractivity contribution is 7.99. The Labute approximate surface area is 152 Å². The summed E-state index contributed by atoms with van der Waals surface area (Å²) in [5.41, 5.74) is 1.87. The maximum atomic E-state index is 12.7. The van der Waals surface area contributed by atoms with Crippen molar-refractivity contribution in [2.24, 2.45) is 0 Å². The molecule has 0 bridgehead atoms. The number of rotatable bonds is 8. The van der Waals surface area contributed by atoms with Gasteiger partial charge in [0.1, 0.15) is 0 Å². The lowest BCUT2D eigenvalue weighted by atomic mass is 9.95. The van der Waals surface area contributed by atoms with Crippen LogP contribution in [0.2, 0.25) is 0 Å². The molecule has 4 nitrogen and oxygen atoms in total. The Morgan fingerprint density at radius 2 is 1.60 bits per heavy atom. The van der Waals surface area contributed by atoms with Crippen LogP contribution >= 0.6 is 11.8 Å². The van der Waals surface area contributed by atoms with Gasteiger partial charge in [-0.1, -0.05) is 43.3 Å². The molecule has 0 saturated heterocycles. The summed E-state index contributed by atoms with van der Waals surface area (Å²) in [4.78, 5) is 24.2. The monoisotopic (exact) mass is 357 g/mol. The SMILES string of the molecule is CCSCCC(C)NC(=O)c1ccccc1-c1ccccc1C(=O)O. The lowest BCUT2D eigenvalue weighted by Crippen LogP contribution is -2.33. The summed E-state index contributed by atoms with van der Waals surface area (Å²) in [6.45, 7) is 4.10. The van der Waals surface area contributed by atoms with E-state index in [2.05, 4.69) is 12.2 Å². The normalized spacial score (nSPS) is 11.8. The van der Waals surface area contributed by atoms with E-state index in [1.807, 2.05) is 24.8 Å². The second-order valence-electron chi connectivity index (χ2n) is 5.76. The van der Waals surface area contributed by atoms with E-state index < -0.39 is 5.97 Å². The lowest BCUT2D eigenvalue weighted by Gasteiger charge is -2.16. The van der Waals surface area contributed by atoms with E-state index in [1.165, 1.54) is 0 Å². The molecule has 0 aliphatic rings. The first-order chi connectivity index (χ1) is 12.0. The minimum Gasteiger partial charge on any atom is -0.478 e. The van der Waals surface area contributed by atoms with Gasteiger partial charge >= 0.3 is 5.97 Å². The van der Waals surface area contributed by atoms with E-state index in [0.29, 0.717) is 16.7 Å². The van der Waals surface area contributed by atoms with Crippen LogP contribution in [0.25, 0.3) is 11.1 Å². The van der Waals surface area contributed by atoms with E-state index >= 15 is 0 Å². The second kappa shape index (κ2) is 9.28. The summed E-state index contributed by atoms with van der Waals surface area (Å²) in [6, 6.07) is 13.9. The molecular formula is C20H23NO3S. The maximum Gasteiger partial charge on any atom is 0.336 e. The molecule has 132 valence electrons. The highest BCUT2D eigenvalue weighted by atomic mass is 32.2. The van der Waals surface area contributed by atoms with Crippen molar-refractivity contribution in [3.8, 4) is 11.1 Å². The van der Waals surface area contributed by atoms with Crippen molar-refractivity contribution >= 4 is 23.6 Å². The number of hydrogen-bond donors (Lipinski definition) is 2. The molecule has 0 aliphatic carbocycles. The molecule has 5 heteroatoms. The van der Waals surface area contributed by atoms with Crippen LogP contribution in [0.5, 0.6) is 0 Å². The van der Waals surface area contributed by atoms with Crippen LogP contribution in [-0.4, -0.2) is 34.5 Å². The van der Waals surface area contributed by atoms with E-state index in [9.17, 15) is 14.7 Å². The number of benzene rings is 2.